The van der Waals surface area contributed by atoms with Gasteiger partial charge < -0.3 is 10.0 Å². The molecule has 110 valence electrons. The molecule has 0 saturated heterocycles. The van der Waals surface area contributed by atoms with Crippen LogP contribution in [0.25, 0.3) is 0 Å². The minimum atomic E-state index is -0.479. The van der Waals surface area contributed by atoms with Crippen LogP contribution >= 0.6 is 11.6 Å². The summed E-state index contributed by atoms with van der Waals surface area (Å²) in [4.78, 5) is 13.8. The number of hydrogen-bond acceptors (Lipinski definition) is 2. The van der Waals surface area contributed by atoms with E-state index in [1.807, 2.05) is 0 Å². The van der Waals surface area contributed by atoms with E-state index in [-0.39, 0.29) is 18.4 Å². The second-order valence-corrected chi connectivity index (χ2v) is 5.77. The molecule has 0 heterocycles. The average Bonchev–Trinajstić information content (AvgIpc) is 2.41. The van der Waals surface area contributed by atoms with Gasteiger partial charge in [0.2, 0.25) is 5.91 Å². The molecule has 1 aliphatic rings. The first kappa shape index (κ1) is 15.3. The number of aliphatic hydroxyl groups is 1. The van der Waals surface area contributed by atoms with Crippen molar-refractivity contribution in [1.29, 1.82) is 0 Å². The number of likely N-dealkylation sites (N-methyl/N-ethyl adjacent to an activating group) is 1. The van der Waals surface area contributed by atoms with E-state index in [1.165, 1.54) is 12.1 Å². The van der Waals surface area contributed by atoms with Gasteiger partial charge >= 0.3 is 0 Å². The summed E-state index contributed by atoms with van der Waals surface area (Å²) < 4.78 is 13.7. The zero-order chi connectivity index (χ0) is 14.7. The molecule has 2 rings (SSSR count). The van der Waals surface area contributed by atoms with Gasteiger partial charge in [-0.25, -0.2) is 4.39 Å². The predicted molar refractivity (Wildman–Crippen MR) is 76.1 cm³/mol. The summed E-state index contributed by atoms with van der Waals surface area (Å²) in [5.74, 6) is -0.652. The normalized spacial score (nSPS) is 22.6. The third-order valence-corrected chi connectivity index (χ3v) is 4.18. The number of benzene rings is 1. The SMILES string of the molecule is CN(C(=O)Cc1ccc(Cl)cc1F)[C@H]1CCCC[C@H]1O. The van der Waals surface area contributed by atoms with Crippen molar-refractivity contribution in [3.05, 3.63) is 34.6 Å². The van der Waals surface area contributed by atoms with Gasteiger partial charge in [0.15, 0.2) is 0 Å². The molecular weight excluding hydrogens is 281 g/mol. The fraction of sp³-hybridized carbons (Fsp3) is 0.533. The molecule has 0 bridgehead atoms. The molecule has 1 N–H and O–H groups in total. The first-order valence-corrected chi connectivity index (χ1v) is 7.24. The van der Waals surface area contributed by atoms with Crippen LogP contribution in [0.4, 0.5) is 4.39 Å². The standard InChI is InChI=1S/C15H19ClFNO2/c1-18(13-4-2-3-5-14(13)19)15(20)8-10-6-7-11(16)9-12(10)17/h6-7,9,13-14,19H,2-5,8H2,1H3/t13-,14+/m0/s1. The lowest BCUT2D eigenvalue weighted by atomic mass is 9.91. The zero-order valence-electron chi connectivity index (χ0n) is 11.5. The average molecular weight is 300 g/mol. The molecule has 2 atom stereocenters. The van der Waals surface area contributed by atoms with Gasteiger partial charge in [-0.05, 0) is 30.5 Å². The van der Waals surface area contributed by atoms with E-state index in [0.717, 1.165) is 25.7 Å². The second kappa shape index (κ2) is 6.55. The Morgan fingerprint density at radius 1 is 1.45 bits per heavy atom. The van der Waals surface area contributed by atoms with Gasteiger partial charge in [-0.3, -0.25) is 4.79 Å². The quantitative estimate of drug-likeness (QED) is 0.932. The van der Waals surface area contributed by atoms with Crippen LogP contribution in [-0.2, 0) is 11.2 Å². The lowest BCUT2D eigenvalue weighted by Crippen LogP contribution is -2.46. The Balaban J connectivity index is 2.03. The number of amides is 1. The Kier molecular flexibility index (Phi) is 5.00. The van der Waals surface area contributed by atoms with Gasteiger partial charge in [0, 0.05) is 12.1 Å². The van der Waals surface area contributed by atoms with Crippen molar-refractivity contribution >= 4 is 17.5 Å². The fourth-order valence-electron chi connectivity index (χ4n) is 2.68. The van der Waals surface area contributed by atoms with E-state index >= 15 is 0 Å². The molecular formula is C15H19ClFNO2. The van der Waals surface area contributed by atoms with Crippen molar-refractivity contribution in [3.8, 4) is 0 Å². The van der Waals surface area contributed by atoms with Crippen molar-refractivity contribution < 1.29 is 14.3 Å². The number of halogens is 2. The molecule has 0 radical (unpaired) electrons. The highest BCUT2D eigenvalue weighted by Crippen LogP contribution is 2.23. The molecule has 3 nitrogen and oxygen atoms in total. The molecule has 0 aliphatic heterocycles. The molecule has 1 aromatic rings. The summed E-state index contributed by atoms with van der Waals surface area (Å²) >= 11 is 5.69. The smallest absolute Gasteiger partial charge is 0.227 e. The van der Waals surface area contributed by atoms with E-state index in [4.69, 9.17) is 11.6 Å². The Morgan fingerprint density at radius 3 is 2.80 bits per heavy atom. The van der Waals surface area contributed by atoms with Gasteiger partial charge in [0.25, 0.3) is 0 Å². The van der Waals surface area contributed by atoms with Crippen LogP contribution in [0.5, 0.6) is 0 Å². The van der Waals surface area contributed by atoms with Crippen molar-refractivity contribution in [2.24, 2.45) is 0 Å². The number of nitrogens with zero attached hydrogens (tertiary/aromatic N) is 1. The van der Waals surface area contributed by atoms with Crippen molar-refractivity contribution in [1.82, 2.24) is 4.90 Å². The van der Waals surface area contributed by atoms with E-state index in [9.17, 15) is 14.3 Å². The molecule has 20 heavy (non-hydrogen) atoms. The van der Waals surface area contributed by atoms with Crippen LogP contribution in [0, 0.1) is 5.82 Å². The Labute approximate surface area is 123 Å². The van der Waals surface area contributed by atoms with Crippen molar-refractivity contribution in [2.45, 2.75) is 44.2 Å². The Hall–Kier alpha value is -1.13. The minimum Gasteiger partial charge on any atom is -0.391 e. The van der Waals surface area contributed by atoms with Crippen LogP contribution in [-0.4, -0.2) is 35.1 Å². The van der Waals surface area contributed by atoms with Gasteiger partial charge in [0.05, 0.1) is 18.6 Å². The highest BCUT2D eigenvalue weighted by Gasteiger charge is 2.29. The largest absolute Gasteiger partial charge is 0.391 e. The van der Waals surface area contributed by atoms with Crippen molar-refractivity contribution in [2.75, 3.05) is 7.05 Å². The molecule has 0 spiro atoms. The van der Waals surface area contributed by atoms with Crippen LogP contribution in [0.1, 0.15) is 31.2 Å². The van der Waals surface area contributed by atoms with Gasteiger partial charge in [0.1, 0.15) is 5.82 Å². The number of carbonyl (C=O) groups excluding carboxylic acids is 1. The van der Waals surface area contributed by atoms with Gasteiger partial charge in [-0.1, -0.05) is 30.5 Å². The van der Waals surface area contributed by atoms with Crippen LogP contribution in [0.3, 0.4) is 0 Å². The highest BCUT2D eigenvalue weighted by molar-refractivity contribution is 6.30. The monoisotopic (exact) mass is 299 g/mol. The van der Waals surface area contributed by atoms with Crippen molar-refractivity contribution in [3.63, 3.8) is 0 Å². The summed E-state index contributed by atoms with van der Waals surface area (Å²) in [6.45, 7) is 0. The van der Waals surface area contributed by atoms with Crippen LogP contribution in [0.15, 0.2) is 18.2 Å². The number of carbonyl (C=O) groups is 1. The fourth-order valence-corrected chi connectivity index (χ4v) is 2.84. The van der Waals surface area contributed by atoms with E-state index in [0.29, 0.717) is 10.6 Å². The summed E-state index contributed by atoms with van der Waals surface area (Å²) in [5, 5.41) is 10.3. The maximum atomic E-state index is 13.7. The summed E-state index contributed by atoms with van der Waals surface area (Å²) in [5.41, 5.74) is 0.330. The molecule has 1 fully saturated rings. The maximum absolute atomic E-state index is 13.7. The van der Waals surface area contributed by atoms with Gasteiger partial charge in [-0.15, -0.1) is 0 Å². The maximum Gasteiger partial charge on any atom is 0.227 e. The third kappa shape index (κ3) is 3.49. The zero-order valence-corrected chi connectivity index (χ0v) is 12.2. The van der Waals surface area contributed by atoms with E-state index < -0.39 is 11.9 Å². The minimum absolute atomic E-state index is 0.0112. The first-order valence-electron chi connectivity index (χ1n) is 6.86. The first-order chi connectivity index (χ1) is 9.49. The number of rotatable bonds is 3. The Bertz CT molecular complexity index is 495. The molecule has 0 aromatic heterocycles. The predicted octanol–water partition coefficient (Wildman–Crippen LogP) is 2.78. The number of aliphatic hydroxyl groups excluding tert-OH is 1. The lowest BCUT2D eigenvalue weighted by Gasteiger charge is -2.35. The molecule has 1 amide bonds. The summed E-state index contributed by atoms with van der Waals surface area (Å²) in [6, 6.07) is 4.15. The highest BCUT2D eigenvalue weighted by atomic mass is 35.5. The third-order valence-electron chi connectivity index (χ3n) is 3.94. The second-order valence-electron chi connectivity index (χ2n) is 5.34. The van der Waals surface area contributed by atoms with E-state index in [2.05, 4.69) is 0 Å². The molecule has 1 aromatic carbocycles. The summed E-state index contributed by atoms with van der Waals surface area (Å²) in [7, 11) is 1.68. The Morgan fingerprint density at radius 2 is 2.15 bits per heavy atom. The number of hydrogen-bond donors (Lipinski definition) is 1. The lowest BCUT2D eigenvalue weighted by molar-refractivity contribution is -0.134. The molecule has 1 aliphatic carbocycles. The van der Waals surface area contributed by atoms with Crippen LogP contribution in [0.2, 0.25) is 5.02 Å². The molecule has 0 unspecified atom stereocenters. The van der Waals surface area contributed by atoms with Gasteiger partial charge in [-0.2, -0.15) is 0 Å². The van der Waals surface area contributed by atoms with Crippen LogP contribution < -0.4 is 0 Å². The van der Waals surface area contributed by atoms with E-state index in [1.54, 1.807) is 18.0 Å². The molecule has 1 saturated carbocycles. The summed E-state index contributed by atoms with van der Waals surface area (Å²) in [6.07, 6.45) is 3.03. The molecule has 5 heteroatoms. The topological polar surface area (TPSA) is 40.5 Å².